The van der Waals surface area contributed by atoms with E-state index < -0.39 is 23.3 Å². The number of nitrogens with one attached hydrogen (secondary N) is 1. The predicted octanol–water partition coefficient (Wildman–Crippen LogP) is 1.60. The summed E-state index contributed by atoms with van der Waals surface area (Å²) in [5.74, 6) is -0.756. The fraction of sp³-hybridized carbons (Fsp3) is 0.125. The van der Waals surface area contributed by atoms with Crippen molar-refractivity contribution >= 4 is 29.1 Å². The molecule has 4 rings (SSSR count). The minimum absolute atomic E-state index is 0.157. The Morgan fingerprint density at radius 2 is 1.78 bits per heavy atom. The number of carbonyl (C=O) groups is 2. The lowest BCUT2D eigenvalue weighted by atomic mass is 9.98. The van der Waals surface area contributed by atoms with E-state index in [0.29, 0.717) is 5.02 Å². The van der Waals surface area contributed by atoms with Gasteiger partial charge in [-0.15, -0.1) is 0 Å². The van der Waals surface area contributed by atoms with Crippen LogP contribution in [0.5, 0.6) is 0 Å². The number of anilines is 1. The van der Waals surface area contributed by atoms with E-state index in [2.05, 4.69) is 5.32 Å². The van der Waals surface area contributed by atoms with Gasteiger partial charge in [-0.05, 0) is 18.2 Å². The van der Waals surface area contributed by atoms with Crippen LogP contribution in [0.3, 0.4) is 0 Å². The zero-order valence-electron chi connectivity index (χ0n) is 11.7. The van der Waals surface area contributed by atoms with Gasteiger partial charge in [0.2, 0.25) is 11.5 Å². The van der Waals surface area contributed by atoms with Crippen LogP contribution in [0.2, 0.25) is 5.02 Å². The maximum absolute atomic E-state index is 12.5. The molecule has 2 amide bonds. The summed E-state index contributed by atoms with van der Waals surface area (Å²) in [4.78, 5) is 25.8. The maximum Gasteiger partial charge on any atom is 0.327 e. The number of rotatable bonds is 1. The molecule has 1 heterocycles. The van der Waals surface area contributed by atoms with Gasteiger partial charge in [-0.3, -0.25) is 15.0 Å². The number of fused-ring (bicyclic) bond motifs is 3. The molecule has 0 aromatic heterocycles. The largest absolute Gasteiger partial charge is 0.362 e. The Hall–Kier alpha value is -2.41. The molecule has 1 aliphatic heterocycles. The van der Waals surface area contributed by atoms with Crippen molar-refractivity contribution in [3.63, 3.8) is 0 Å². The Labute approximate surface area is 135 Å². The molecule has 1 fully saturated rings. The lowest BCUT2D eigenvalue weighted by molar-refractivity contribution is -0.109. The maximum atomic E-state index is 12.5. The Morgan fingerprint density at radius 3 is 2.52 bits per heavy atom. The summed E-state index contributed by atoms with van der Waals surface area (Å²) in [6, 6.07) is 11.7. The number of urea groups is 1. The standard InChI is InChI=1S/C16H11ClN2O4/c17-9-4-3-5-10(8-9)19-14(21)18-15(22)13(20)11-6-1-2-7-12(11)16(15,19)23/h1-8,22-23H,(H,18,21)/t15-,16-/m1/s1. The van der Waals surface area contributed by atoms with E-state index in [1.807, 2.05) is 0 Å². The van der Waals surface area contributed by atoms with E-state index in [1.54, 1.807) is 30.3 Å². The Kier molecular flexibility index (Phi) is 2.67. The van der Waals surface area contributed by atoms with Crippen molar-refractivity contribution in [2.45, 2.75) is 11.4 Å². The Morgan fingerprint density at radius 1 is 1.04 bits per heavy atom. The number of halogens is 1. The molecule has 23 heavy (non-hydrogen) atoms. The zero-order valence-corrected chi connectivity index (χ0v) is 12.4. The summed E-state index contributed by atoms with van der Waals surface area (Å²) < 4.78 is 0. The van der Waals surface area contributed by atoms with Gasteiger partial charge in [0, 0.05) is 16.1 Å². The molecular weight excluding hydrogens is 320 g/mol. The molecule has 0 spiro atoms. The summed E-state index contributed by atoms with van der Waals surface area (Å²) in [5.41, 5.74) is -4.12. The first kappa shape index (κ1) is 14.2. The number of ketones is 1. The minimum Gasteiger partial charge on any atom is -0.362 e. The average molecular weight is 331 g/mol. The highest BCUT2D eigenvalue weighted by Crippen LogP contribution is 2.50. The molecule has 6 nitrogen and oxygen atoms in total. The van der Waals surface area contributed by atoms with E-state index in [9.17, 15) is 19.8 Å². The highest BCUT2D eigenvalue weighted by atomic mass is 35.5. The number of aliphatic hydroxyl groups is 2. The van der Waals surface area contributed by atoms with Crippen LogP contribution in [0.4, 0.5) is 10.5 Å². The van der Waals surface area contributed by atoms with E-state index in [-0.39, 0.29) is 16.8 Å². The topological polar surface area (TPSA) is 89.9 Å². The number of hydrogen-bond acceptors (Lipinski definition) is 4. The predicted molar refractivity (Wildman–Crippen MR) is 82.1 cm³/mol. The van der Waals surface area contributed by atoms with Crippen molar-refractivity contribution in [3.05, 3.63) is 64.7 Å². The Balaban J connectivity index is 2.00. The van der Waals surface area contributed by atoms with Crippen molar-refractivity contribution in [3.8, 4) is 0 Å². The number of nitrogens with zero attached hydrogens (tertiary/aromatic N) is 1. The van der Waals surface area contributed by atoms with Crippen molar-refractivity contribution in [1.29, 1.82) is 0 Å². The lowest BCUT2D eigenvalue weighted by Crippen LogP contribution is -2.59. The van der Waals surface area contributed by atoms with E-state index in [0.717, 1.165) is 4.90 Å². The second kappa shape index (κ2) is 4.32. The van der Waals surface area contributed by atoms with Gasteiger partial charge >= 0.3 is 6.03 Å². The molecule has 2 aliphatic rings. The number of amides is 2. The zero-order chi connectivity index (χ0) is 16.4. The van der Waals surface area contributed by atoms with E-state index >= 15 is 0 Å². The number of Topliss-reactive ketones (excluding diaryl/α,β-unsaturated/α-hetero) is 1. The lowest BCUT2D eigenvalue weighted by Gasteiger charge is -2.35. The highest BCUT2D eigenvalue weighted by Gasteiger charge is 2.72. The molecule has 7 heteroatoms. The van der Waals surface area contributed by atoms with Crippen LogP contribution in [-0.4, -0.2) is 27.8 Å². The van der Waals surface area contributed by atoms with Gasteiger partial charge in [-0.25, -0.2) is 4.79 Å². The van der Waals surface area contributed by atoms with Gasteiger partial charge in [0.25, 0.3) is 5.72 Å². The van der Waals surface area contributed by atoms with Gasteiger partial charge in [0.15, 0.2) is 0 Å². The first-order chi connectivity index (χ1) is 10.9. The highest BCUT2D eigenvalue weighted by molar-refractivity contribution is 6.31. The average Bonchev–Trinajstić information content (AvgIpc) is 2.83. The molecule has 0 unspecified atom stereocenters. The van der Waals surface area contributed by atoms with Gasteiger partial charge in [-0.1, -0.05) is 41.9 Å². The molecule has 2 atom stereocenters. The summed E-state index contributed by atoms with van der Waals surface area (Å²) in [6.07, 6.45) is 0. The molecule has 0 bridgehead atoms. The molecule has 0 radical (unpaired) electrons. The van der Waals surface area contributed by atoms with Gasteiger partial charge in [0.1, 0.15) is 0 Å². The van der Waals surface area contributed by atoms with Crippen LogP contribution < -0.4 is 10.2 Å². The number of hydrogen-bond donors (Lipinski definition) is 3. The van der Waals surface area contributed by atoms with Crippen molar-refractivity contribution in [2.24, 2.45) is 0 Å². The van der Waals surface area contributed by atoms with Crippen molar-refractivity contribution in [2.75, 3.05) is 4.90 Å². The molecule has 2 aromatic rings. The molecule has 3 N–H and O–H groups in total. The SMILES string of the molecule is O=C1N[C@@]2(O)C(=O)c3ccccc3[C@]2(O)N1c1cccc(Cl)c1. The third kappa shape index (κ3) is 1.55. The molecule has 116 valence electrons. The summed E-state index contributed by atoms with van der Waals surface area (Å²) in [7, 11) is 0. The molecular formula is C16H11ClN2O4. The fourth-order valence-corrected chi connectivity index (χ4v) is 3.42. The smallest absolute Gasteiger partial charge is 0.327 e. The van der Waals surface area contributed by atoms with Gasteiger partial charge < -0.3 is 10.2 Å². The van der Waals surface area contributed by atoms with E-state index in [1.165, 1.54) is 18.2 Å². The summed E-state index contributed by atoms with van der Waals surface area (Å²) >= 11 is 5.95. The van der Waals surface area contributed by atoms with Crippen LogP contribution in [0, 0.1) is 0 Å². The minimum atomic E-state index is -2.45. The molecule has 1 saturated heterocycles. The fourth-order valence-electron chi connectivity index (χ4n) is 3.24. The van der Waals surface area contributed by atoms with Crippen LogP contribution in [0.15, 0.2) is 48.5 Å². The monoisotopic (exact) mass is 330 g/mol. The van der Waals surface area contributed by atoms with Crippen LogP contribution >= 0.6 is 11.6 Å². The van der Waals surface area contributed by atoms with Crippen molar-refractivity contribution < 1.29 is 19.8 Å². The van der Waals surface area contributed by atoms with Crippen LogP contribution in [0.25, 0.3) is 0 Å². The first-order valence-electron chi connectivity index (χ1n) is 6.86. The van der Waals surface area contributed by atoms with Crippen LogP contribution in [0.1, 0.15) is 15.9 Å². The number of carbonyl (C=O) groups excluding carboxylic acids is 2. The van der Waals surface area contributed by atoms with Gasteiger partial charge in [-0.2, -0.15) is 0 Å². The quantitative estimate of drug-likeness (QED) is 0.741. The molecule has 2 aromatic carbocycles. The second-order valence-corrected chi connectivity index (χ2v) is 5.94. The normalized spacial score (nSPS) is 28.6. The van der Waals surface area contributed by atoms with Gasteiger partial charge in [0.05, 0.1) is 5.69 Å². The van der Waals surface area contributed by atoms with E-state index in [4.69, 9.17) is 11.6 Å². The summed E-state index contributed by atoms with van der Waals surface area (Å²) in [6.45, 7) is 0. The summed E-state index contributed by atoms with van der Waals surface area (Å²) in [5, 5.41) is 24.5. The van der Waals surface area contributed by atoms with Crippen LogP contribution in [-0.2, 0) is 5.72 Å². The number of benzene rings is 2. The third-order valence-corrected chi connectivity index (χ3v) is 4.50. The Bertz CT molecular complexity index is 871. The molecule has 1 aliphatic carbocycles. The first-order valence-corrected chi connectivity index (χ1v) is 7.24. The third-order valence-electron chi connectivity index (χ3n) is 4.26. The second-order valence-electron chi connectivity index (χ2n) is 5.50. The van der Waals surface area contributed by atoms with Crippen molar-refractivity contribution in [1.82, 2.24) is 5.32 Å². The molecule has 0 saturated carbocycles.